The van der Waals surface area contributed by atoms with E-state index in [2.05, 4.69) is 29.6 Å². The van der Waals surface area contributed by atoms with Crippen LogP contribution in [0, 0.1) is 0 Å². The van der Waals surface area contributed by atoms with E-state index in [-0.39, 0.29) is 11.7 Å². The topological polar surface area (TPSA) is 66.4 Å². The number of hydrogen-bond acceptors (Lipinski definition) is 3. The van der Waals surface area contributed by atoms with E-state index in [0.717, 1.165) is 30.5 Å². The molecule has 1 aliphatic carbocycles. The fourth-order valence-electron chi connectivity index (χ4n) is 3.39. The lowest BCUT2D eigenvalue weighted by molar-refractivity contribution is -0.117. The van der Waals surface area contributed by atoms with E-state index in [4.69, 9.17) is 5.11 Å². The van der Waals surface area contributed by atoms with Crippen molar-refractivity contribution >= 4 is 23.5 Å². The van der Waals surface area contributed by atoms with Crippen molar-refractivity contribution in [3.63, 3.8) is 0 Å². The summed E-state index contributed by atoms with van der Waals surface area (Å²) in [6.07, 6.45) is 6.59. The number of aryl methyl sites for hydroxylation is 1. The maximum Gasteiger partial charge on any atom is 0.224 e. The van der Waals surface area contributed by atoms with Crippen molar-refractivity contribution in [2.75, 3.05) is 11.9 Å². The summed E-state index contributed by atoms with van der Waals surface area (Å²) in [5, 5.41) is 11.6. The number of aliphatic hydroxyl groups is 1. The second-order valence-electron chi connectivity index (χ2n) is 6.60. The smallest absolute Gasteiger partial charge is 0.224 e. The second kappa shape index (κ2) is 8.59. The Morgan fingerprint density at radius 2 is 1.88 bits per heavy atom. The lowest BCUT2D eigenvalue weighted by Gasteiger charge is -2.11. The fourth-order valence-corrected chi connectivity index (χ4v) is 3.39. The highest BCUT2D eigenvalue weighted by molar-refractivity contribution is 5.94. The fraction of sp³-hybridized carbons (Fsp3) is 0.273. The van der Waals surface area contributed by atoms with Gasteiger partial charge in [0.15, 0.2) is 5.78 Å². The first-order chi connectivity index (χ1) is 12.7. The molecule has 0 bridgehead atoms. The van der Waals surface area contributed by atoms with Crippen LogP contribution in [-0.2, 0) is 16.0 Å². The molecule has 3 rings (SSSR count). The minimum absolute atomic E-state index is 0.0214. The predicted molar refractivity (Wildman–Crippen MR) is 103 cm³/mol. The van der Waals surface area contributed by atoms with Crippen LogP contribution >= 0.6 is 0 Å². The van der Waals surface area contributed by atoms with Gasteiger partial charge in [-0.05, 0) is 60.1 Å². The number of carbonyl (C=O) groups excluding carboxylic acids is 2. The van der Waals surface area contributed by atoms with Gasteiger partial charge in [-0.25, -0.2) is 0 Å². The molecule has 0 heterocycles. The van der Waals surface area contributed by atoms with Gasteiger partial charge in [-0.3, -0.25) is 9.59 Å². The third kappa shape index (κ3) is 4.67. The molecule has 4 heteroatoms. The highest BCUT2D eigenvalue weighted by atomic mass is 16.3. The Morgan fingerprint density at radius 3 is 2.65 bits per heavy atom. The molecular weight excluding hydrogens is 326 g/mol. The number of ketones is 1. The molecular formula is C22H23NO3. The molecule has 1 atom stereocenters. The van der Waals surface area contributed by atoms with Crippen molar-refractivity contribution in [2.24, 2.45) is 0 Å². The minimum atomic E-state index is -0.490. The first-order valence-electron chi connectivity index (χ1n) is 8.95. The Kier molecular flexibility index (Phi) is 5.97. The molecule has 26 heavy (non-hydrogen) atoms. The first-order valence-corrected chi connectivity index (χ1v) is 8.95. The lowest BCUT2D eigenvalue weighted by atomic mass is 9.96. The lowest BCUT2D eigenvalue weighted by Crippen LogP contribution is -2.12. The van der Waals surface area contributed by atoms with E-state index < -0.39 is 6.61 Å². The van der Waals surface area contributed by atoms with Gasteiger partial charge in [-0.1, -0.05) is 42.5 Å². The third-order valence-corrected chi connectivity index (χ3v) is 4.79. The quantitative estimate of drug-likeness (QED) is 0.749. The molecule has 0 aliphatic heterocycles. The summed E-state index contributed by atoms with van der Waals surface area (Å²) in [5.41, 5.74) is 4.40. The number of hydrogen-bond donors (Lipinski definition) is 2. The highest BCUT2D eigenvalue weighted by Crippen LogP contribution is 2.35. The normalized spacial score (nSPS) is 15.8. The van der Waals surface area contributed by atoms with E-state index in [1.54, 1.807) is 6.08 Å². The van der Waals surface area contributed by atoms with Gasteiger partial charge in [0.2, 0.25) is 5.91 Å². The molecule has 2 aromatic carbocycles. The first kappa shape index (κ1) is 18.1. The summed E-state index contributed by atoms with van der Waals surface area (Å²) < 4.78 is 0. The molecule has 2 aromatic rings. The molecule has 0 saturated carbocycles. The summed E-state index contributed by atoms with van der Waals surface area (Å²) in [6.45, 7) is -0.490. The molecule has 4 nitrogen and oxygen atoms in total. The van der Waals surface area contributed by atoms with Crippen LogP contribution in [0.25, 0.3) is 6.08 Å². The van der Waals surface area contributed by atoms with E-state index in [1.807, 2.05) is 24.3 Å². The Balaban J connectivity index is 1.49. The van der Waals surface area contributed by atoms with Crippen LogP contribution < -0.4 is 5.32 Å². The molecule has 2 N–H and O–H groups in total. The van der Waals surface area contributed by atoms with Gasteiger partial charge in [0.25, 0.3) is 0 Å². The number of benzene rings is 2. The molecule has 1 aliphatic rings. The van der Waals surface area contributed by atoms with Crippen molar-refractivity contribution in [3.8, 4) is 0 Å². The highest BCUT2D eigenvalue weighted by Gasteiger charge is 2.22. The number of carbonyl (C=O) groups is 2. The Hall–Kier alpha value is -2.72. The van der Waals surface area contributed by atoms with Gasteiger partial charge in [0.05, 0.1) is 0 Å². The SMILES string of the molecule is O=C(/C=C/c1ccc(NC(=O)CCC2CCc3ccccc32)cc1)CO. The van der Waals surface area contributed by atoms with Crippen molar-refractivity contribution < 1.29 is 14.7 Å². The van der Waals surface area contributed by atoms with E-state index in [1.165, 1.54) is 17.2 Å². The van der Waals surface area contributed by atoms with E-state index in [9.17, 15) is 9.59 Å². The monoisotopic (exact) mass is 349 g/mol. The standard InChI is InChI=1S/C22H23NO3/c24-15-20(25)13-7-16-5-11-19(12-6-16)23-22(26)14-10-18-9-8-17-3-1-2-4-21(17)18/h1-7,11-13,18,24H,8-10,14-15H2,(H,23,26)/b13-7+. The molecule has 1 amide bonds. The number of nitrogens with one attached hydrogen (secondary N) is 1. The summed E-state index contributed by atoms with van der Waals surface area (Å²) in [6, 6.07) is 15.8. The van der Waals surface area contributed by atoms with E-state index in [0.29, 0.717) is 12.3 Å². The number of aliphatic hydroxyl groups excluding tert-OH is 1. The average Bonchev–Trinajstić information content (AvgIpc) is 3.09. The minimum Gasteiger partial charge on any atom is -0.388 e. The Morgan fingerprint density at radius 1 is 1.12 bits per heavy atom. The predicted octanol–water partition coefficient (Wildman–Crippen LogP) is 3.71. The maximum atomic E-state index is 12.2. The van der Waals surface area contributed by atoms with Crippen LogP contribution in [0.15, 0.2) is 54.6 Å². The molecule has 0 saturated heterocycles. The summed E-state index contributed by atoms with van der Waals surface area (Å²) in [5.74, 6) is 0.164. The molecule has 0 aromatic heterocycles. The van der Waals surface area contributed by atoms with Crippen molar-refractivity contribution in [1.82, 2.24) is 0 Å². The van der Waals surface area contributed by atoms with Crippen molar-refractivity contribution in [2.45, 2.75) is 31.6 Å². The van der Waals surface area contributed by atoms with Crippen LogP contribution in [0.1, 0.15) is 41.9 Å². The number of amides is 1. The van der Waals surface area contributed by atoms with Gasteiger partial charge in [-0.2, -0.15) is 0 Å². The Bertz CT molecular complexity index is 808. The zero-order chi connectivity index (χ0) is 18.4. The zero-order valence-electron chi connectivity index (χ0n) is 14.7. The molecule has 0 spiro atoms. The van der Waals surface area contributed by atoms with Crippen molar-refractivity contribution in [1.29, 1.82) is 0 Å². The molecule has 134 valence electrons. The number of rotatable bonds is 7. The van der Waals surface area contributed by atoms with Gasteiger partial charge in [-0.15, -0.1) is 0 Å². The third-order valence-electron chi connectivity index (χ3n) is 4.79. The second-order valence-corrected chi connectivity index (χ2v) is 6.60. The zero-order valence-corrected chi connectivity index (χ0v) is 14.7. The molecule has 0 fully saturated rings. The molecule has 0 radical (unpaired) electrons. The van der Waals surface area contributed by atoms with Crippen LogP contribution in [0.4, 0.5) is 5.69 Å². The van der Waals surface area contributed by atoms with Crippen LogP contribution in [-0.4, -0.2) is 23.4 Å². The van der Waals surface area contributed by atoms with Crippen LogP contribution in [0.3, 0.4) is 0 Å². The summed E-state index contributed by atoms with van der Waals surface area (Å²) in [7, 11) is 0. The van der Waals surface area contributed by atoms with E-state index >= 15 is 0 Å². The van der Waals surface area contributed by atoms with Gasteiger partial charge < -0.3 is 10.4 Å². The number of anilines is 1. The van der Waals surface area contributed by atoms with Crippen LogP contribution in [0.5, 0.6) is 0 Å². The largest absolute Gasteiger partial charge is 0.388 e. The van der Waals surface area contributed by atoms with Gasteiger partial charge >= 0.3 is 0 Å². The van der Waals surface area contributed by atoms with Gasteiger partial charge in [0, 0.05) is 12.1 Å². The maximum absolute atomic E-state index is 12.2. The Labute approximate surface area is 153 Å². The van der Waals surface area contributed by atoms with Crippen LogP contribution in [0.2, 0.25) is 0 Å². The van der Waals surface area contributed by atoms with Crippen molar-refractivity contribution in [3.05, 3.63) is 71.3 Å². The van der Waals surface area contributed by atoms with Gasteiger partial charge in [0.1, 0.15) is 6.61 Å². The molecule has 1 unspecified atom stereocenters. The summed E-state index contributed by atoms with van der Waals surface area (Å²) >= 11 is 0. The average molecular weight is 349 g/mol. The number of fused-ring (bicyclic) bond motifs is 1. The summed E-state index contributed by atoms with van der Waals surface area (Å²) in [4.78, 5) is 23.3.